The van der Waals surface area contributed by atoms with Gasteiger partial charge in [0.15, 0.2) is 0 Å². The normalized spacial score (nSPS) is 14.1. The molecular weight excluding hydrogens is 260 g/mol. The summed E-state index contributed by atoms with van der Waals surface area (Å²) in [5.74, 6) is -2.14. The van der Waals surface area contributed by atoms with Crippen molar-refractivity contribution < 1.29 is 19.8 Å². The van der Waals surface area contributed by atoms with E-state index in [4.69, 9.17) is 5.11 Å². The number of aromatic nitrogens is 1. The van der Waals surface area contributed by atoms with Gasteiger partial charge in [0.1, 0.15) is 12.1 Å². The van der Waals surface area contributed by atoms with E-state index < -0.39 is 24.0 Å². The third-order valence-corrected chi connectivity index (χ3v) is 3.22. The first-order valence-corrected chi connectivity index (χ1v) is 6.25. The van der Waals surface area contributed by atoms with Gasteiger partial charge in [-0.1, -0.05) is 18.2 Å². The van der Waals surface area contributed by atoms with E-state index in [1.165, 1.54) is 6.92 Å². The van der Waals surface area contributed by atoms with E-state index >= 15 is 0 Å². The van der Waals surface area contributed by atoms with Gasteiger partial charge in [-0.2, -0.15) is 0 Å². The van der Waals surface area contributed by atoms with Gasteiger partial charge in [0.05, 0.1) is 0 Å². The minimum absolute atomic E-state index is 0.219. The fourth-order valence-corrected chi connectivity index (χ4v) is 2.11. The molecule has 0 saturated heterocycles. The molecule has 2 rings (SSSR count). The second-order valence-corrected chi connectivity index (χ2v) is 4.68. The number of aromatic amines is 1. The molecule has 0 saturated carbocycles. The predicted molar refractivity (Wildman–Crippen MR) is 73.7 cm³/mol. The molecule has 106 valence electrons. The molecule has 0 fully saturated rings. The number of nitrogens with one attached hydrogen (secondary N) is 2. The number of para-hydroxylation sites is 1. The summed E-state index contributed by atoms with van der Waals surface area (Å²) in [6.07, 6.45) is 1.98. The molecule has 6 nitrogen and oxygen atoms in total. The molecule has 2 atom stereocenters. The van der Waals surface area contributed by atoms with Crippen LogP contribution in [-0.2, 0) is 16.0 Å². The Bertz CT molecular complexity index is 635. The summed E-state index contributed by atoms with van der Waals surface area (Å²) in [6, 6.07) is 5.72. The molecule has 2 unspecified atom stereocenters. The van der Waals surface area contributed by atoms with Crippen LogP contribution < -0.4 is 5.32 Å². The Morgan fingerprint density at radius 3 is 2.60 bits per heavy atom. The van der Waals surface area contributed by atoms with Crippen molar-refractivity contribution in [3.05, 3.63) is 36.0 Å². The number of H-pyrrole nitrogens is 1. The number of benzene rings is 1. The third kappa shape index (κ3) is 2.97. The topological polar surface area (TPSA) is 102 Å². The number of carbonyl (C=O) groups is 2. The summed E-state index contributed by atoms with van der Waals surface area (Å²) < 4.78 is 0. The first-order valence-electron chi connectivity index (χ1n) is 6.25. The first-order chi connectivity index (χ1) is 9.49. The standard InChI is InChI=1S/C14H16N2O4/c1-8(13(17)18)16-12(14(19)20)6-9-7-15-11-5-3-2-4-10(9)11/h2-5,7-8,12,15-16H,6H2,1H3,(H,17,18)(H,19,20). The van der Waals surface area contributed by atoms with E-state index in [1.54, 1.807) is 6.20 Å². The van der Waals surface area contributed by atoms with E-state index in [9.17, 15) is 14.7 Å². The Morgan fingerprint density at radius 2 is 1.95 bits per heavy atom. The Labute approximate surface area is 115 Å². The molecule has 0 radical (unpaired) electrons. The Hall–Kier alpha value is -2.34. The van der Waals surface area contributed by atoms with Gasteiger partial charge in [-0.25, -0.2) is 0 Å². The number of carboxylic acids is 2. The molecule has 1 heterocycles. The molecule has 0 aliphatic rings. The highest BCUT2D eigenvalue weighted by molar-refractivity contribution is 5.84. The maximum Gasteiger partial charge on any atom is 0.321 e. The number of aliphatic carboxylic acids is 2. The monoisotopic (exact) mass is 276 g/mol. The molecular formula is C14H16N2O4. The minimum Gasteiger partial charge on any atom is -0.480 e. The number of carboxylic acid groups (broad SMARTS) is 2. The highest BCUT2D eigenvalue weighted by Crippen LogP contribution is 2.19. The molecule has 0 amide bonds. The zero-order valence-electron chi connectivity index (χ0n) is 11.0. The van der Waals surface area contributed by atoms with Crippen LogP contribution in [0.4, 0.5) is 0 Å². The molecule has 1 aromatic carbocycles. The van der Waals surface area contributed by atoms with Crippen molar-refractivity contribution in [1.82, 2.24) is 10.3 Å². The summed E-state index contributed by atoms with van der Waals surface area (Å²) >= 11 is 0. The first kappa shape index (κ1) is 14.1. The van der Waals surface area contributed by atoms with Crippen molar-refractivity contribution >= 4 is 22.8 Å². The molecule has 20 heavy (non-hydrogen) atoms. The maximum atomic E-state index is 11.3. The smallest absolute Gasteiger partial charge is 0.321 e. The van der Waals surface area contributed by atoms with Crippen LogP contribution >= 0.6 is 0 Å². The molecule has 0 spiro atoms. The van der Waals surface area contributed by atoms with E-state index in [2.05, 4.69) is 10.3 Å². The van der Waals surface area contributed by atoms with Gasteiger partial charge >= 0.3 is 11.9 Å². The van der Waals surface area contributed by atoms with Crippen LogP contribution in [0.15, 0.2) is 30.5 Å². The lowest BCUT2D eigenvalue weighted by molar-refractivity contribution is -0.142. The fourth-order valence-electron chi connectivity index (χ4n) is 2.11. The molecule has 0 aliphatic carbocycles. The van der Waals surface area contributed by atoms with Crippen LogP contribution in [0.25, 0.3) is 10.9 Å². The maximum absolute atomic E-state index is 11.3. The number of hydrogen-bond donors (Lipinski definition) is 4. The van der Waals surface area contributed by atoms with Crippen LogP contribution in [0, 0.1) is 0 Å². The Morgan fingerprint density at radius 1 is 1.25 bits per heavy atom. The summed E-state index contributed by atoms with van der Waals surface area (Å²) in [5, 5.41) is 21.6. The number of fused-ring (bicyclic) bond motifs is 1. The van der Waals surface area contributed by atoms with Gasteiger partial charge in [0, 0.05) is 23.5 Å². The van der Waals surface area contributed by atoms with Gasteiger partial charge in [-0.3, -0.25) is 14.9 Å². The predicted octanol–water partition coefficient (Wildman–Crippen LogP) is 1.23. The fraction of sp³-hybridized carbons (Fsp3) is 0.286. The number of hydrogen-bond acceptors (Lipinski definition) is 3. The molecule has 2 aromatic rings. The van der Waals surface area contributed by atoms with E-state index in [1.807, 2.05) is 24.3 Å². The van der Waals surface area contributed by atoms with Crippen LogP contribution in [-0.4, -0.2) is 39.2 Å². The van der Waals surface area contributed by atoms with Gasteiger partial charge in [0.25, 0.3) is 0 Å². The summed E-state index contributed by atoms with van der Waals surface area (Å²) in [6.45, 7) is 1.42. The van der Waals surface area contributed by atoms with Gasteiger partial charge in [-0.05, 0) is 18.6 Å². The molecule has 6 heteroatoms. The van der Waals surface area contributed by atoms with Crippen LogP contribution in [0.1, 0.15) is 12.5 Å². The second kappa shape index (κ2) is 5.75. The van der Waals surface area contributed by atoms with Gasteiger partial charge in [0.2, 0.25) is 0 Å². The molecule has 0 bridgehead atoms. The summed E-state index contributed by atoms with van der Waals surface area (Å²) in [7, 11) is 0. The summed E-state index contributed by atoms with van der Waals surface area (Å²) in [5.41, 5.74) is 1.77. The van der Waals surface area contributed by atoms with Crippen molar-refractivity contribution in [2.75, 3.05) is 0 Å². The molecule has 0 aliphatic heterocycles. The largest absolute Gasteiger partial charge is 0.480 e. The van der Waals surface area contributed by atoms with Crippen molar-refractivity contribution in [3.63, 3.8) is 0 Å². The van der Waals surface area contributed by atoms with Crippen molar-refractivity contribution in [3.8, 4) is 0 Å². The molecule has 4 N–H and O–H groups in total. The van der Waals surface area contributed by atoms with Crippen molar-refractivity contribution in [2.45, 2.75) is 25.4 Å². The van der Waals surface area contributed by atoms with Crippen LogP contribution in [0.5, 0.6) is 0 Å². The summed E-state index contributed by atoms with van der Waals surface area (Å²) in [4.78, 5) is 25.1. The lowest BCUT2D eigenvalue weighted by Gasteiger charge is -2.17. The van der Waals surface area contributed by atoms with E-state index in [-0.39, 0.29) is 6.42 Å². The van der Waals surface area contributed by atoms with Crippen LogP contribution in [0.2, 0.25) is 0 Å². The lowest BCUT2D eigenvalue weighted by Crippen LogP contribution is -2.46. The lowest BCUT2D eigenvalue weighted by atomic mass is 10.0. The average Bonchev–Trinajstić information content (AvgIpc) is 2.81. The van der Waals surface area contributed by atoms with Crippen molar-refractivity contribution in [1.29, 1.82) is 0 Å². The highest BCUT2D eigenvalue weighted by Gasteiger charge is 2.24. The van der Waals surface area contributed by atoms with Crippen LogP contribution in [0.3, 0.4) is 0 Å². The second-order valence-electron chi connectivity index (χ2n) is 4.68. The minimum atomic E-state index is -1.07. The van der Waals surface area contributed by atoms with Gasteiger partial charge in [-0.15, -0.1) is 0 Å². The van der Waals surface area contributed by atoms with E-state index in [0.717, 1.165) is 16.5 Å². The average molecular weight is 276 g/mol. The zero-order valence-corrected chi connectivity index (χ0v) is 11.0. The van der Waals surface area contributed by atoms with Crippen molar-refractivity contribution in [2.24, 2.45) is 0 Å². The third-order valence-electron chi connectivity index (χ3n) is 3.22. The van der Waals surface area contributed by atoms with E-state index in [0.29, 0.717) is 0 Å². The zero-order chi connectivity index (χ0) is 14.7. The number of rotatable bonds is 6. The molecule has 1 aromatic heterocycles. The Kier molecular flexibility index (Phi) is 4.05. The van der Waals surface area contributed by atoms with Gasteiger partial charge < -0.3 is 15.2 Å². The Balaban J connectivity index is 2.20. The highest BCUT2D eigenvalue weighted by atomic mass is 16.4. The SMILES string of the molecule is CC(NC(Cc1c[nH]c2ccccc12)C(=O)O)C(=O)O. The quantitative estimate of drug-likeness (QED) is 0.635.